The Hall–Kier alpha value is -3.48. The van der Waals surface area contributed by atoms with Gasteiger partial charge in [0.05, 0.1) is 17.8 Å². The molecule has 0 saturated heterocycles. The summed E-state index contributed by atoms with van der Waals surface area (Å²) in [5.74, 6) is 0.264. The van der Waals surface area contributed by atoms with Crippen molar-refractivity contribution in [2.45, 2.75) is 25.9 Å². The van der Waals surface area contributed by atoms with Crippen LogP contribution in [-0.4, -0.2) is 25.3 Å². The number of aryl methyl sites for hydroxylation is 1. The van der Waals surface area contributed by atoms with E-state index >= 15 is 4.39 Å². The number of rotatable bonds is 4. The minimum Gasteiger partial charge on any atom is -0.487 e. The van der Waals surface area contributed by atoms with Gasteiger partial charge in [0.25, 0.3) is 0 Å². The summed E-state index contributed by atoms with van der Waals surface area (Å²) in [6, 6.07) is 12.1. The SMILES string of the molecule is Cc1c(-c2cccc(OC3CC3)c2F)cc2cnn(-c3ccccn3)c(=O)n12. The summed E-state index contributed by atoms with van der Waals surface area (Å²) < 4.78 is 23.5. The molecule has 1 aliphatic rings. The zero-order valence-electron chi connectivity index (χ0n) is 15.2. The van der Waals surface area contributed by atoms with E-state index in [1.807, 2.05) is 0 Å². The van der Waals surface area contributed by atoms with Gasteiger partial charge in [0.2, 0.25) is 0 Å². The molecule has 0 N–H and O–H groups in total. The Labute approximate surface area is 159 Å². The van der Waals surface area contributed by atoms with Gasteiger partial charge in [-0.2, -0.15) is 9.78 Å². The van der Waals surface area contributed by atoms with E-state index in [2.05, 4.69) is 10.1 Å². The molecule has 0 unspecified atom stereocenters. The first-order valence-corrected chi connectivity index (χ1v) is 9.11. The second-order valence-electron chi connectivity index (χ2n) is 6.87. The van der Waals surface area contributed by atoms with Crippen LogP contribution in [0.15, 0.2) is 59.7 Å². The highest BCUT2D eigenvalue weighted by molar-refractivity contribution is 5.74. The molecule has 7 heteroatoms. The molecule has 0 spiro atoms. The van der Waals surface area contributed by atoms with Crippen molar-refractivity contribution in [3.8, 4) is 22.7 Å². The van der Waals surface area contributed by atoms with Gasteiger partial charge in [-0.3, -0.25) is 4.40 Å². The van der Waals surface area contributed by atoms with Crippen LogP contribution in [0.4, 0.5) is 4.39 Å². The molecule has 4 aromatic rings. The summed E-state index contributed by atoms with van der Waals surface area (Å²) in [6.07, 6.45) is 5.20. The van der Waals surface area contributed by atoms with Crippen LogP contribution in [-0.2, 0) is 0 Å². The van der Waals surface area contributed by atoms with Crippen molar-refractivity contribution in [3.05, 3.63) is 76.9 Å². The minimum atomic E-state index is -0.411. The first-order valence-electron chi connectivity index (χ1n) is 9.11. The molecule has 0 bridgehead atoms. The fourth-order valence-electron chi connectivity index (χ4n) is 3.32. The largest absolute Gasteiger partial charge is 0.487 e. The van der Waals surface area contributed by atoms with Crippen LogP contribution in [0.3, 0.4) is 0 Å². The number of nitrogens with zero attached hydrogens (tertiary/aromatic N) is 4. The van der Waals surface area contributed by atoms with Crippen LogP contribution < -0.4 is 10.4 Å². The zero-order valence-corrected chi connectivity index (χ0v) is 15.2. The molecule has 0 radical (unpaired) electrons. The average Bonchev–Trinajstić information content (AvgIpc) is 3.46. The van der Waals surface area contributed by atoms with Gasteiger partial charge in [-0.25, -0.2) is 14.2 Å². The number of halogens is 1. The molecule has 1 saturated carbocycles. The number of pyridine rings is 1. The average molecular weight is 376 g/mol. The topological polar surface area (TPSA) is 61.4 Å². The van der Waals surface area contributed by atoms with Crippen molar-refractivity contribution in [3.63, 3.8) is 0 Å². The van der Waals surface area contributed by atoms with Crippen molar-refractivity contribution in [1.82, 2.24) is 19.2 Å². The van der Waals surface area contributed by atoms with E-state index < -0.39 is 5.82 Å². The van der Waals surface area contributed by atoms with Crippen molar-refractivity contribution in [2.24, 2.45) is 0 Å². The number of hydrogen-bond donors (Lipinski definition) is 0. The Morgan fingerprint density at radius 1 is 1.14 bits per heavy atom. The maximum absolute atomic E-state index is 15.1. The summed E-state index contributed by atoms with van der Waals surface area (Å²) in [5.41, 5.74) is 1.91. The second-order valence-corrected chi connectivity index (χ2v) is 6.87. The van der Waals surface area contributed by atoms with Gasteiger partial charge < -0.3 is 4.74 Å². The van der Waals surface area contributed by atoms with E-state index in [0.29, 0.717) is 28.2 Å². The lowest BCUT2D eigenvalue weighted by molar-refractivity contribution is 0.288. The van der Waals surface area contributed by atoms with Crippen LogP contribution in [0, 0.1) is 12.7 Å². The highest BCUT2D eigenvalue weighted by Gasteiger charge is 2.26. The fourth-order valence-corrected chi connectivity index (χ4v) is 3.32. The smallest absolute Gasteiger partial charge is 0.355 e. The first kappa shape index (κ1) is 16.7. The molecule has 0 aliphatic heterocycles. The Morgan fingerprint density at radius 3 is 2.75 bits per heavy atom. The van der Waals surface area contributed by atoms with E-state index in [0.717, 1.165) is 12.8 Å². The molecule has 28 heavy (non-hydrogen) atoms. The van der Waals surface area contributed by atoms with Crippen molar-refractivity contribution in [2.75, 3.05) is 0 Å². The number of fused-ring (bicyclic) bond motifs is 1. The molecule has 3 heterocycles. The van der Waals surface area contributed by atoms with Crippen LogP contribution in [0.2, 0.25) is 0 Å². The van der Waals surface area contributed by atoms with Crippen LogP contribution in [0.5, 0.6) is 5.75 Å². The van der Waals surface area contributed by atoms with Gasteiger partial charge >= 0.3 is 5.69 Å². The predicted molar refractivity (Wildman–Crippen MR) is 102 cm³/mol. The molecule has 6 nitrogen and oxygen atoms in total. The van der Waals surface area contributed by atoms with Gasteiger partial charge in [0.1, 0.15) is 0 Å². The molecule has 3 aromatic heterocycles. The molecular weight excluding hydrogens is 359 g/mol. The van der Waals surface area contributed by atoms with E-state index in [1.165, 1.54) is 9.08 Å². The Balaban J connectivity index is 1.67. The third-order valence-corrected chi connectivity index (χ3v) is 4.89. The van der Waals surface area contributed by atoms with Gasteiger partial charge in [-0.15, -0.1) is 0 Å². The molecular formula is C21H17FN4O2. The van der Waals surface area contributed by atoms with E-state index in [1.54, 1.807) is 61.8 Å². The highest BCUT2D eigenvalue weighted by atomic mass is 19.1. The van der Waals surface area contributed by atoms with E-state index in [4.69, 9.17) is 4.74 Å². The summed E-state index contributed by atoms with van der Waals surface area (Å²) in [5, 5.41) is 4.21. The summed E-state index contributed by atoms with van der Waals surface area (Å²) in [7, 11) is 0. The lowest BCUT2D eigenvalue weighted by Crippen LogP contribution is -2.28. The highest BCUT2D eigenvalue weighted by Crippen LogP contribution is 2.35. The summed E-state index contributed by atoms with van der Waals surface area (Å²) >= 11 is 0. The monoisotopic (exact) mass is 376 g/mol. The minimum absolute atomic E-state index is 0.105. The molecule has 1 aromatic carbocycles. The second kappa shape index (κ2) is 6.30. The van der Waals surface area contributed by atoms with Gasteiger partial charge in [-0.05, 0) is 44.0 Å². The van der Waals surface area contributed by atoms with E-state index in [-0.39, 0.29) is 17.5 Å². The Kier molecular flexibility index (Phi) is 3.75. The number of benzene rings is 1. The lowest BCUT2D eigenvalue weighted by atomic mass is 10.1. The van der Waals surface area contributed by atoms with Crippen LogP contribution in [0.25, 0.3) is 22.5 Å². The molecule has 0 amide bonds. The molecule has 1 fully saturated rings. The van der Waals surface area contributed by atoms with Gasteiger partial charge in [0.15, 0.2) is 17.4 Å². The Morgan fingerprint density at radius 2 is 2.00 bits per heavy atom. The Bertz CT molecular complexity index is 1240. The van der Waals surface area contributed by atoms with Crippen LogP contribution >= 0.6 is 0 Å². The molecule has 1 aliphatic carbocycles. The van der Waals surface area contributed by atoms with Crippen molar-refractivity contribution in [1.29, 1.82) is 0 Å². The fraction of sp³-hybridized carbons (Fsp3) is 0.190. The summed E-state index contributed by atoms with van der Waals surface area (Å²) in [4.78, 5) is 17.2. The third kappa shape index (κ3) is 2.67. The quantitative estimate of drug-likeness (QED) is 0.547. The van der Waals surface area contributed by atoms with Crippen molar-refractivity contribution < 1.29 is 9.13 Å². The summed E-state index contributed by atoms with van der Waals surface area (Å²) in [6.45, 7) is 1.79. The number of aromatic nitrogens is 4. The van der Waals surface area contributed by atoms with Crippen LogP contribution in [0.1, 0.15) is 18.5 Å². The predicted octanol–water partition coefficient (Wildman–Crippen LogP) is 3.54. The maximum Gasteiger partial charge on any atom is 0.355 e. The number of hydrogen-bond acceptors (Lipinski definition) is 4. The standard InChI is InChI=1S/C21H17FN4O2/c1-13-17(16-5-4-6-18(20(16)22)28-15-8-9-15)11-14-12-24-26(21(27)25(13)14)19-7-2-3-10-23-19/h2-7,10-12,15H,8-9H2,1H3. The van der Waals surface area contributed by atoms with Gasteiger partial charge in [-0.1, -0.05) is 18.2 Å². The maximum atomic E-state index is 15.1. The first-order chi connectivity index (χ1) is 13.6. The van der Waals surface area contributed by atoms with Gasteiger partial charge in [0, 0.05) is 23.0 Å². The van der Waals surface area contributed by atoms with E-state index in [9.17, 15) is 4.79 Å². The zero-order chi connectivity index (χ0) is 19.3. The molecule has 5 rings (SSSR count). The normalized spacial score (nSPS) is 13.8. The number of ether oxygens (including phenoxy) is 1. The molecule has 0 atom stereocenters. The van der Waals surface area contributed by atoms with Crippen molar-refractivity contribution >= 4 is 5.52 Å². The molecule has 140 valence electrons. The lowest BCUT2D eigenvalue weighted by Gasteiger charge is -2.09. The third-order valence-electron chi connectivity index (χ3n) is 4.89.